The SMILES string of the molecule is CCNC1(C(F)F)CCCC(OC)C1. The van der Waals surface area contributed by atoms with E-state index in [2.05, 4.69) is 5.32 Å². The van der Waals surface area contributed by atoms with Crippen molar-refractivity contribution in [2.45, 2.75) is 50.7 Å². The molecule has 1 rings (SSSR count). The fraction of sp³-hybridized carbons (Fsp3) is 1.00. The molecule has 0 amide bonds. The molecule has 0 heterocycles. The van der Waals surface area contributed by atoms with Gasteiger partial charge in [0.15, 0.2) is 0 Å². The Balaban J connectivity index is 2.65. The molecule has 4 heteroatoms. The summed E-state index contributed by atoms with van der Waals surface area (Å²) in [5.41, 5.74) is -1.01. The summed E-state index contributed by atoms with van der Waals surface area (Å²) >= 11 is 0. The Morgan fingerprint density at radius 1 is 1.57 bits per heavy atom. The van der Waals surface area contributed by atoms with E-state index in [1.54, 1.807) is 7.11 Å². The van der Waals surface area contributed by atoms with Gasteiger partial charge in [0.05, 0.1) is 11.6 Å². The van der Waals surface area contributed by atoms with Crippen LogP contribution in [0.5, 0.6) is 0 Å². The van der Waals surface area contributed by atoms with Crippen LogP contribution < -0.4 is 5.32 Å². The molecular weight excluding hydrogens is 188 g/mol. The molecule has 0 spiro atoms. The molecule has 1 saturated carbocycles. The van der Waals surface area contributed by atoms with Crippen molar-refractivity contribution in [1.82, 2.24) is 5.32 Å². The van der Waals surface area contributed by atoms with Crippen LogP contribution in [0, 0.1) is 0 Å². The topological polar surface area (TPSA) is 21.3 Å². The molecule has 0 radical (unpaired) electrons. The zero-order valence-corrected chi connectivity index (χ0v) is 8.85. The van der Waals surface area contributed by atoms with Crippen LogP contribution in [0.1, 0.15) is 32.6 Å². The highest BCUT2D eigenvalue weighted by atomic mass is 19.3. The maximum absolute atomic E-state index is 13.0. The Labute approximate surface area is 84.0 Å². The maximum Gasteiger partial charge on any atom is 0.256 e. The molecule has 0 saturated heterocycles. The normalized spacial score (nSPS) is 33.6. The molecule has 14 heavy (non-hydrogen) atoms. The summed E-state index contributed by atoms with van der Waals surface area (Å²) < 4.78 is 31.1. The summed E-state index contributed by atoms with van der Waals surface area (Å²) in [6.07, 6.45) is 0.372. The lowest BCUT2D eigenvalue weighted by atomic mass is 9.80. The van der Waals surface area contributed by atoms with E-state index in [0.717, 1.165) is 12.8 Å². The third kappa shape index (κ3) is 2.42. The Kier molecular flexibility index (Phi) is 4.26. The van der Waals surface area contributed by atoms with Gasteiger partial charge in [0, 0.05) is 7.11 Å². The predicted octanol–water partition coefficient (Wildman–Crippen LogP) is 2.19. The van der Waals surface area contributed by atoms with E-state index in [-0.39, 0.29) is 6.10 Å². The number of nitrogens with one attached hydrogen (secondary N) is 1. The van der Waals surface area contributed by atoms with Crippen molar-refractivity contribution in [3.8, 4) is 0 Å². The molecule has 2 unspecified atom stereocenters. The summed E-state index contributed by atoms with van der Waals surface area (Å²) in [4.78, 5) is 0. The van der Waals surface area contributed by atoms with Crippen molar-refractivity contribution in [2.24, 2.45) is 0 Å². The summed E-state index contributed by atoms with van der Waals surface area (Å²) in [6.45, 7) is 2.45. The van der Waals surface area contributed by atoms with E-state index in [0.29, 0.717) is 19.4 Å². The number of hydrogen-bond donors (Lipinski definition) is 1. The standard InChI is InChI=1S/C10H19F2NO/c1-3-13-10(9(11)12)6-4-5-8(7-10)14-2/h8-9,13H,3-7H2,1-2H3. The highest BCUT2D eigenvalue weighted by Crippen LogP contribution is 2.34. The first-order chi connectivity index (χ1) is 6.64. The predicted molar refractivity (Wildman–Crippen MR) is 51.7 cm³/mol. The smallest absolute Gasteiger partial charge is 0.256 e. The van der Waals surface area contributed by atoms with Crippen LogP contribution in [0.4, 0.5) is 8.78 Å². The van der Waals surface area contributed by atoms with Crippen molar-refractivity contribution in [3.05, 3.63) is 0 Å². The van der Waals surface area contributed by atoms with Crippen LogP contribution in [-0.2, 0) is 4.74 Å². The van der Waals surface area contributed by atoms with E-state index in [4.69, 9.17) is 4.74 Å². The molecule has 0 aromatic heterocycles. The number of methoxy groups -OCH3 is 1. The Morgan fingerprint density at radius 3 is 2.79 bits per heavy atom. The zero-order valence-electron chi connectivity index (χ0n) is 8.85. The van der Waals surface area contributed by atoms with E-state index in [1.807, 2.05) is 6.92 Å². The molecule has 1 fully saturated rings. The van der Waals surface area contributed by atoms with Gasteiger partial charge in [0.25, 0.3) is 6.43 Å². The number of rotatable bonds is 4. The Bertz CT molecular complexity index is 174. The molecule has 0 aromatic carbocycles. The highest BCUT2D eigenvalue weighted by Gasteiger charge is 2.43. The molecule has 2 atom stereocenters. The average Bonchev–Trinajstić information content (AvgIpc) is 2.18. The van der Waals surface area contributed by atoms with Crippen LogP contribution in [-0.4, -0.2) is 31.7 Å². The highest BCUT2D eigenvalue weighted by molar-refractivity contribution is 4.96. The average molecular weight is 207 g/mol. The molecule has 0 aliphatic heterocycles. The van der Waals surface area contributed by atoms with E-state index in [9.17, 15) is 8.78 Å². The monoisotopic (exact) mass is 207 g/mol. The third-order valence-corrected chi connectivity index (χ3v) is 3.02. The molecule has 0 bridgehead atoms. The van der Waals surface area contributed by atoms with Crippen LogP contribution in [0.2, 0.25) is 0 Å². The summed E-state index contributed by atoms with van der Waals surface area (Å²) in [6, 6.07) is 0. The minimum atomic E-state index is -2.31. The quantitative estimate of drug-likeness (QED) is 0.763. The summed E-state index contributed by atoms with van der Waals surface area (Å²) in [5.74, 6) is 0. The van der Waals surface area contributed by atoms with Crippen LogP contribution in [0.25, 0.3) is 0 Å². The first kappa shape index (κ1) is 11.9. The fourth-order valence-corrected chi connectivity index (χ4v) is 2.24. The molecule has 1 N–H and O–H groups in total. The van der Waals surface area contributed by atoms with Gasteiger partial charge in [-0.1, -0.05) is 6.92 Å². The van der Waals surface area contributed by atoms with Gasteiger partial charge in [-0.3, -0.25) is 0 Å². The largest absolute Gasteiger partial charge is 0.381 e. The molecule has 84 valence electrons. The fourth-order valence-electron chi connectivity index (χ4n) is 2.24. The minimum Gasteiger partial charge on any atom is -0.381 e. The maximum atomic E-state index is 13.0. The lowest BCUT2D eigenvalue weighted by molar-refractivity contribution is -0.0423. The van der Waals surface area contributed by atoms with Crippen LogP contribution >= 0.6 is 0 Å². The molecular formula is C10H19F2NO. The number of ether oxygens (including phenoxy) is 1. The van der Waals surface area contributed by atoms with E-state index < -0.39 is 12.0 Å². The van der Waals surface area contributed by atoms with Crippen molar-refractivity contribution < 1.29 is 13.5 Å². The molecule has 0 aromatic rings. The van der Waals surface area contributed by atoms with Crippen LogP contribution in [0.3, 0.4) is 0 Å². The zero-order chi connectivity index (χ0) is 10.6. The Morgan fingerprint density at radius 2 is 2.29 bits per heavy atom. The van der Waals surface area contributed by atoms with Crippen molar-refractivity contribution in [2.75, 3.05) is 13.7 Å². The van der Waals surface area contributed by atoms with Gasteiger partial charge < -0.3 is 10.1 Å². The second-order valence-electron chi connectivity index (χ2n) is 3.94. The summed E-state index contributed by atoms with van der Waals surface area (Å²) in [5, 5.41) is 2.93. The number of alkyl halides is 2. The molecule has 1 aliphatic carbocycles. The lowest BCUT2D eigenvalue weighted by Gasteiger charge is -2.40. The van der Waals surface area contributed by atoms with E-state index in [1.165, 1.54) is 0 Å². The second kappa shape index (κ2) is 5.03. The third-order valence-electron chi connectivity index (χ3n) is 3.02. The van der Waals surface area contributed by atoms with Gasteiger partial charge in [-0.2, -0.15) is 0 Å². The molecule has 1 aliphatic rings. The van der Waals surface area contributed by atoms with Gasteiger partial charge in [-0.05, 0) is 32.2 Å². The van der Waals surface area contributed by atoms with Gasteiger partial charge in [-0.25, -0.2) is 8.78 Å². The van der Waals surface area contributed by atoms with Gasteiger partial charge in [0.1, 0.15) is 0 Å². The van der Waals surface area contributed by atoms with Gasteiger partial charge >= 0.3 is 0 Å². The second-order valence-corrected chi connectivity index (χ2v) is 3.94. The molecule has 2 nitrogen and oxygen atoms in total. The number of halogens is 2. The Hall–Kier alpha value is -0.220. The number of hydrogen-bond acceptors (Lipinski definition) is 2. The minimum absolute atomic E-state index is 0.0169. The van der Waals surface area contributed by atoms with Crippen molar-refractivity contribution in [1.29, 1.82) is 0 Å². The lowest BCUT2D eigenvalue weighted by Crippen LogP contribution is -2.55. The van der Waals surface area contributed by atoms with Gasteiger partial charge in [0.2, 0.25) is 0 Å². The summed E-state index contributed by atoms with van der Waals surface area (Å²) in [7, 11) is 1.60. The van der Waals surface area contributed by atoms with Crippen molar-refractivity contribution in [3.63, 3.8) is 0 Å². The first-order valence-electron chi connectivity index (χ1n) is 5.20. The van der Waals surface area contributed by atoms with E-state index >= 15 is 0 Å². The van der Waals surface area contributed by atoms with Crippen LogP contribution in [0.15, 0.2) is 0 Å². The van der Waals surface area contributed by atoms with Crippen molar-refractivity contribution >= 4 is 0 Å². The van der Waals surface area contributed by atoms with Gasteiger partial charge in [-0.15, -0.1) is 0 Å². The first-order valence-corrected chi connectivity index (χ1v) is 5.20.